The van der Waals surface area contributed by atoms with Crippen LogP contribution in [0.1, 0.15) is 71.1 Å². The first-order chi connectivity index (χ1) is 18.7. The van der Waals surface area contributed by atoms with Gasteiger partial charge in [-0.2, -0.15) is 0 Å². The molecule has 0 saturated carbocycles. The molecule has 0 aromatic heterocycles. The Hall–Kier alpha value is -3.83. The number of amides is 7. The van der Waals surface area contributed by atoms with Crippen LogP contribution in [0.25, 0.3) is 0 Å². The summed E-state index contributed by atoms with van der Waals surface area (Å²) in [5, 5.41) is 8.30. The summed E-state index contributed by atoms with van der Waals surface area (Å²) >= 11 is 0. The van der Waals surface area contributed by atoms with Crippen LogP contribution in [-0.2, 0) is 33.6 Å². The lowest BCUT2D eigenvalue weighted by molar-refractivity contribution is -0.139. The highest BCUT2D eigenvalue weighted by Gasteiger charge is 2.26. The van der Waals surface area contributed by atoms with Crippen molar-refractivity contribution < 1.29 is 33.6 Å². The molecule has 214 valence electrons. The van der Waals surface area contributed by atoms with E-state index in [-0.39, 0.29) is 37.7 Å². The minimum Gasteiger partial charge on any atom is -0.356 e. The zero-order valence-corrected chi connectivity index (χ0v) is 22.5. The number of unbranched alkanes of at least 4 members (excludes halogenated alkanes) is 5. The van der Waals surface area contributed by atoms with Gasteiger partial charge in [-0.15, -0.1) is 0 Å². The molecule has 2 heterocycles. The molecule has 2 aliphatic heterocycles. The second-order valence-corrected chi connectivity index (χ2v) is 9.49. The van der Waals surface area contributed by atoms with Gasteiger partial charge in [0.1, 0.15) is 6.04 Å². The van der Waals surface area contributed by atoms with E-state index in [4.69, 9.17) is 0 Å². The quantitative estimate of drug-likeness (QED) is 0.157. The maximum Gasteiger partial charge on any atom is 0.253 e. The summed E-state index contributed by atoms with van der Waals surface area (Å²) in [7, 11) is 0. The average molecular weight is 546 g/mol. The van der Waals surface area contributed by atoms with Crippen molar-refractivity contribution in [3.05, 3.63) is 24.3 Å². The molecular weight excluding hydrogens is 506 g/mol. The Morgan fingerprint density at radius 3 is 1.72 bits per heavy atom. The van der Waals surface area contributed by atoms with Crippen molar-refractivity contribution >= 4 is 41.4 Å². The number of nitrogens with zero attached hydrogens (tertiary/aromatic N) is 2. The number of rotatable bonds is 19. The molecule has 2 rings (SSSR count). The molecule has 39 heavy (non-hydrogen) atoms. The summed E-state index contributed by atoms with van der Waals surface area (Å²) in [5.74, 6) is -2.85. The van der Waals surface area contributed by atoms with Gasteiger partial charge in [0, 0.05) is 63.3 Å². The van der Waals surface area contributed by atoms with Crippen LogP contribution in [0.4, 0.5) is 0 Å². The molecule has 3 N–H and O–H groups in total. The lowest BCUT2D eigenvalue weighted by atomic mass is 10.1. The molecule has 0 radical (unpaired) electrons. The fraction of sp³-hybridized carbons (Fsp3) is 0.593. The number of imide groups is 2. The van der Waals surface area contributed by atoms with E-state index in [0.717, 1.165) is 54.1 Å². The maximum atomic E-state index is 12.8. The Balaban J connectivity index is 1.73. The summed E-state index contributed by atoms with van der Waals surface area (Å²) in [6.45, 7) is 2.91. The smallest absolute Gasteiger partial charge is 0.253 e. The van der Waals surface area contributed by atoms with Gasteiger partial charge in [0.15, 0.2) is 0 Å². The van der Waals surface area contributed by atoms with Crippen LogP contribution in [-0.4, -0.2) is 83.4 Å². The molecule has 12 heteroatoms. The zero-order valence-electron chi connectivity index (χ0n) is 22.5. The third kappa shape index (κ3) is 11.2. The van der Waals surface area contributed by atoms with Gasteiger partial charge < -0.3 is 16.0 Å². The lowest BCUT2D eigenvalue weighted by Crippen LogP contribution is -2.47. The van der Waals surface area contributed by atoms with Gasteiger partial charge in [0.05, 0.1) is 0 Å². The van der Waals surface area contributed by atoms with Gasteiger partial charge in [-0.05, 0) is 25.7 Å². The zero-order chi connectivity index (χ0) is 28.6. The highest BCUT2D eigenvalue weighted by Crippen LogP contribution is 2.07. The predicted octanol–water partition coefficient (Wildman–Crippen LogP) is 0.475. The Morgan fingerprint density at radius 2 is 1.15 bits per heavy atom. The van der Waals surface area contributed by atoms with Crippen molar-refractivity contribution in [1.82, 2.24) is 25.8 Å². The topological polar surface area (TPSA) is 162 Å². The van der Waals surface area contributed by atoms with Gasteiger partial charge in [-0.25, -0.2) is 0 Å². The molecule has 0 aromatic carbocycles. The predicted molar refractivity (Wildman–Crippen MR) is 142 cm³/mol. The van der Waals surface area contributed by atoms with Gasteiger partial charge in [-0.1, -0.05) is 32.6 Å². The SMILES string of the molecule is CCCCCCCNC(=O)[C@@H](CCCCNC(=O)CCN1C(=O)C=CC1=O)NC(=O)CCN1C(=O)C=CC1=O. The van der Waals surface area contributed by atoms with Crippen LogP contribution in [0.15, 0.2) is 24.3 Å². The lowest BCUT2D eigenvalue weighted by Gasteiger charge is -2.20. The van der Waals surface area contributed by atoms with Crippen LogP contribution in [0.2, 0.25) is 0 Å². The molecule has 0 saturated heterocycles. The summed E-state index contributed by atoms with van der Waals surface area (Å²) in [5.41, 5.74) is 0. The number of nitrogens with one attached hydrogen (secondary N) is 3. The number of hydrogen-bond acceptors (Lipinski definition) is 7. The summed E-state index contributed by atoms with van der Waals surface area (Å²) < 4.78 is 0. The molecule has 0 aromatic rings. The fourth-order valence-electron chi connectivity index (χ4n) is 4.12. The van der Waals surface area contributed by atoms with Crippen LogP contribution in [0.5, 0.6) is 0 Å². The van der Waals surface area contributed by atoms with E-state index in [0.29, 0.717) is 32.4 Å². The number of carbonyl (C=O) groups is 7. The third-order valence-electron chi connectivity index (χ3n) is 6.40. The molecule has 0 aliphatic carbocycles. The number of carbonyl (C=O) groups excluding carboxylic acids is 7. The minimum atomic E-state index is -0.786. The molecule has 0 fully saturated rings. The van der Waals surface area contributed by atoms with E-state index in [1.54, 1.807) is 0 Å². The van der Waals surface area contributed by atoms with Crippen LogP contribution in [0, 0.1) is 0 Å². The summed E-state index contributed by atoms with van der Waals surface area (Å²) in [6, 6.07) is -0.786. The standard InChI is InChI=1S/C27H39N5O7/c1-2-3-4-5-7-17-29-27(39)20(30-22(34)15-19-32-25(37)12-13-26(32)38)9-6-8-16-28-21(33)14-18-31-23(35)10-11-24(31)36/h10-13,20H,2-9,14-19H2,1H3,(H,28,33)(H,29,39)(H,30,34)/t20-/m1/s1. The minimum absolute atomic E-state index is 0.00392. The van der Waals surface area contributed by atoms with Crippen LogP contribution >= 0.6 is 0 Å². The summed E-state index contributed by atoms with van der Waals surface area (Å²) in [6.07, 6.45) is 11.2. The third-order valence-corrected chi connectivity index (χ3v) is 6.40. The molecule has 2 aliphatic rings. The van der Waals surface area contributed by atoms with E-state index in [9.17, 15) is 33.6 Å². The molecule has 0 bridgehead atoms. The Kier molecular flexibility index (Phi) is 13.6. The number of hydrogen-bond donors (Lipinski definition) is 3. The molecule has 1 atom stereocenters. The largest absolute Gasteiger partial charge is 0.356 e. The van der Waals surface area contributed by atoms with E-state index in [2.05, 4.69) is 22.9 Å². The van der Waals surface area contributed by atoms with E-state index >= 15 is 0 Å². The van der Waals surface area contributed by atoms with Gasteiger partial charge >= 0.3 is 0 Å². The first-order valence-electron chi connectivity index (χ1n) is 13.6. The Bertz CT molecular complexity index is 955. The monoisotopic (exact) mass is 545 g/mol. The van der Waals surface area contributed by atoms with Crippen molar-refractivity contribution in [1.29, 1.82) is 0 Å². The first kappa shape index (κ1) is 31.4. The second-order valence-electron chi connectivity index (χ2n) is 9.49. The van der Waals surface area contributed by atoms with Gasteiger partial charge in [-0.3, -0.25) is 43.4 Å². The van der Waals surface area contributed by atoms with E-state index in [1.165, 1.54) is 12.2 Å². The van der Waals surface area contributed by atoms with Crippen molar-refractivity contribution in [2.24, 2.45) is 0 Å². The van der Waals surface area contributed by atoms with Crippen molar-refractivity contribution in [2.75, 3.05) is 26.2 Å². The Morgan fingerprint density at radius 1 is 0.667 bits per heavy atom. The normalized spacial score (nSPS) is 15.3. The first-order valence-corrected chi connectivity index (χ1v) is 13.6. The van der Waals surface area contributed by atoms with Crippen molar-refractivity contribution in [3.8, 4) is 0 Å². The molecule has 0 unspecified atom stereocenters. The van der Waals surface area contributed by atoms with Crippen LogP contribution in [0.3, 0.4) is 0 Å². The average Bonchev–Trinajstić information content (AvgIpc) is 3.41. The van der Waals surface area contributed by atoms with Crippen LogP contribution < -0.4 is 16.0 Å². The second kappa shape index (κ2) is 16.9. The van der Waals surface area contributed by atoms with Crippen molar-refractivity contribution in [3.63, 3.8) is 0 Å². The van der Waals surface area contributed by atoms with Gasteiger partial charge in [0.25, 0.3) is 23.6 Å². The summed E-state index contributed by atoms with van der Waals surface area (Å²) in [4.78, 5) is 85.8. The molecule has 7 amide bonds. The van der Waals surface area contributed by atoms with Gasteiger partial charge in [0.2, 0.25) is 17.7 Å². The Labute approximate surface area is 228 Å². The highest BCUT2D eigenvalue weighted by atomic mass is 16.2. The van der Waals surface area contributed by atoms with Crippen molar-refractivity contribution in [2.45, 2.75) is 77.2 Å². The molecule has 12 nitrogen and oxygen atoms in total. The van der Waals surface area contributed by atoms with E-state index < -0.39 is 35.6 Å². The maximum absolute atomic E-state index is 12.8. The fourth-order valence-corrected chi connectivity index (χ4v) is 4.12. The van der Waals surface area contributed by atoms with E-state index in [1.807, 2.05) is 0 Å². The molecule has 0 spiro atoms. The highest BCUT2D eigenvalue weighted by molar-refractivity contribution is 6.13. The molecular formula is C27H39N5O7.